The number of nitrogens with one attached hydrogen (secondary N) is 2. The van der Waals surface area contributed by atoms with Gasteiger partial charge in [0.25, 0.3) is 5.91 Å². The Morgan fingerprint density at radius 2 is 2.22 bits per heavy atom. The van der Waals surface area contributed by atoms with E-state index in [1.807, 2.05) is 0 Å². The molecule has 1 aliphatic rings. The van der Waals surface area contributed by atoms with E-state index < -0.39 is 23.5 Å². The van der Waals surface area contributed by atoms with Crippen molar-refractivity contribution in [3.8, 4) is 0 Å². The van der Waals surface area contributed by atoms with Crippen molar-refractivity contribution >= 4 is 17.6 Å². The van der Waals surface area contributed by atoms with Crippen LogP contribution in [-0.4, -0.2) is 31.2 Å². The van der Waals surface area contributed by atoms with Crippen molar-refractivity contribution in [1.29, 1.82) is 0 Å². The Kier molecular flexibility index (Phi) is 3.47. The summed E-state index contributed by atoms with van der Waals surface area (Å²) in [6, 6.07) is 5.41. The standard InChI is InChI=1S/C12H12FN3O2/c1-14-6-9-15-11(17)10(12(18)16-9)7-3-2-4-8(13)5-7/h2-5,10,14H,6H2,1H3,(H,15,16,17,18). The quantitative estimate of drug-likeness (QED) is 0.751. The van der Waals surface area contributed by atoms with Crippen molar-refractivity contribution in [2.75, 3.05) is 13.6 Å². The minimum absolute atomic E-state index is 0.278. The van der Waals surface area contributed by atoms with Crippen LogP contribution in [0.3, 0.4) is 0 Å². The van der Waals surface area contributed by atoms with Gasteiger partial charge in [-0.2, -0.15) is 4.99 Å². The lowest BCUT2D eigenvalue weighted by Gasteiger charge is -2.20. The average Bonchev–Trinajstić information content (AvgIpc) is 2.28. The zero-order valence-corrected chi connectivity index (χ0v) is 9.74. The number of nitrogens with zero attached hydrogens (tertiary/aromatic N) is 1. The molecule has 0 saturated heterocycles. The number of carbonyl (C=O) groups excluding carboxylic acids is 2. The van der Waals surface area contributed by atoms with Crippen molar-refractivity contribution in [1.82, 2.24) is 10.6 Å². The summed E-state index contributed by atoms with van der Waals surface area (Å²) in [4.78, 5) is 27.4. The highest BCUT2D eigenvalue weighted by Gasteiger charge is 2.33. The summed E-state index contributed by atoms with van der Waals surface area (Å²) < 4.78 is 13.1. The second kappa shape index (κ2) is 5.05. The lowest BCUT2D eigenvalue weighted by molar-refractivity contribution is -0.129. The molecule has 1 atom stereocenters. The minimum Gasteiger partial charge on any atom is -0.313 e. The van der Waals surface area contributed by atoms with Crippen LogP contribution in [0.5, 0.6) is 0 Å². The molecule has 0 spiro atoms. The van der Waals surface area contributed by atoms with E-state index in [9.17, 15) is 14.0 Å². The maximum absolute atomic E-state index is 13.1. The van der Waals surface area contributed by atoms with Crippen molar-refractivity contribution < 1.29 is 14.0 Å². The predicted octanol–water partition coefficient (Wildman–Crippen LogP) is 0.184. The Hall–Kier alpha value is -2.08. The molecule has 0 bridgehead atoms. The molecule has 0 aliphatic carbocycles. The molecule has 94 valence electrons. The van der Waals surface area contributed by atoms with Crippen LogP contribution < -0.4 is 10.6 Å². The van der Waals surface area contributed by atoms with Crippen LogP contribution in [0.25, 0.3) is 0 Å². The first-order valence-electron chi connectivity index (χ1n) is 5.44. The Labute approximate surface area is 103 Å². The fourth-order valence-corrected chi connectivity index (χ4v) is 1.78. The molecule has 0 radical (unpaired) electrons. The molecule has 6 heteroatoms. The average molecular weight is 249 g/mol. The largest absolute Gasteiger partial charge is 0.313 e. The van der Waals surface area contributed by atoms with Crippen molar-refractivity contribution in [2.24, 2.45) is 4.99 Å². The van der Waals surface area contributed by atoms with E-state index in [0.29, 0.717) is 12.1 Å². The Morgan fingerprint density at radius 3 is 2.83 bits per heavy atom. The van der Waals surface area contributed by atoms with Gasteiger partial charge in [-0.1, -0.05) is 12.1 Å². The zero-order chi connectivity index (χ0) is 13.1. The molecular formula is C12H12FN3O2. The van der Waals surface area contributed by atoms with E-state index in [2.05, 4.69) is 15.6 Å². The van der Waals surface area contributed by atoms with Gasteiger partial charge >= 0.3 is 0 Å². The topological polar surface area (TPSA) is 70.6 Å². The van der Waals surface area contributed by atoms with Crippen LogP contribution >= 0.6 is 0 Å². The fraction of sp³-hybridized carbons (Fsp3) is 0.250. The van der Waals surface area contributed by atoms with E-state index in [1.54, 1.807) is 7.05 Å². The minimum atomic E-state index is -1.07. The summed E-state index contributed by atoms with van der Waals surface area (Å²) in [5, 5.41) is 5.31. The van der Waals surface area contributed by atoms with Gasteiger partial charge in [0.05, 0.1) is 6.54 Å². The van der Waals surface area contributed by atoms with Gasteiger partial charge in [-0.25, -0.2) is 4.39 Å². The molecule has 2 amide bonds. The highest BCUT2D eigenvalue weighted by atomic mass is 19.1. The summed E-state index contributed by atoms with van der Waals surface area (Å²) in [7, 11) is 1.68. The van der Waals surface area contributed by atoms with Gasteiger partial charge in [0, 0.05) is 0 Å². The number of likely N-dealkylation sites (N-methyl/N-ethyl adjacent to an activating group) is 1. The molecule has 2 rings (SSSR count). The number of hydrogen-bond donors (Lipinski definition) is 2. The van der Waals surface area contributed by atoms with Crippen LogP contribution in [0.15, 0.2) is 29.3 Å². The van der Waals surface area contributed by atoms with Gasteiger partial charge in [-0.05, 0) is 24.7 Å². The lowest BCUT2D eigenvalue weighted by atomic mass is 9.96. The molecule has 0 saturated carbocycles. The van der Waals surface area contributed by atoms with Gasteiger partial charge in [0.1, 0.15) is 17.6 Å². The first kappa shape index (κ1) is 12.4. The summed E-state index contributed by atoms with van der Waals surface area (Å²) in [5.41, 5.74) is 0.310. The van der Waals surface area contributed by atoms with Crippen molar-refractivity contribution in [2.45, 2.75) is 5.92 Å². The lowest BCUT2D eigenvalue weighted by Crippen LogP contribution is -2.46. The maximum atomic E-state index is 13.1. The molecule has 1 aliphatic heterocycles. The number of amidine groups is 1. The molecular weight excluding hydrogens is 237 g/mol. The van der Waals surface area contributed by atoms with E-state index >= 15 is 0 Å². The van der Waals surface area contributed by atoms with Crippen molar-refractivity contribution in [3.05, 3.63) is 35.6 Å². The van der Waals surface area contributed by atoms with E-state index in [4.69, 9.17) is 0 Å². The number of benzene rings is 1. The summed E-state index contributed by atoms with van der Waals surface area (Å²) >= 11 is 0. The van der Waals surface area contributed by atoms with E-state index in [1.165, 1.54) is 24.3 Å². The molecule has 18 heavy (non-hydrogen) atoms. The number of amides is 2. The van der Waals surface area contributed by atoms with Crippen LogP contribution in [-0.2, 0) is 9.59 Å². The monoisotopic (exact) mass is 249 g/mol. The second-order valence-corrected chi connectivity index (χ2v) is 3.90. The van der Waals surface area contributed by atoms with Crippen LogP contribution in [0.2, 0.25) is 0 Å². The van der Waals surface area contributed by atoms with Crippen LogP contribution in [0.1, 0.15) is 11.5 Å². The molecule has 1 unspecified atom stereocenters. The number of carbonyl (C=O) groups is 2. The van der Waals surface area contributed by atoms with E-state index in [-0.39, 0.29) is 5.84 Å². The molecule has 1 heterocycles. The Bertz CT molecular complexity index is 528. The molecule has 1 aromatic carbocycles. The Morgan fingerprint density at radius 1 is 1.44 bits per heavy atom. The van der Waals surface area contributed by atoms with Gasteiger partial charge in [-0.3, -0.25) is 9.59 Å². The fourth-order valence-electron chi connectivity index (χ4n) is 1.78. The normalized spacial score (nSPS) is 19.4. The molecule has 0 aromatic heterocycles. The van der Waals surface area contributed by atoms with Crippen LogP contribution in [0.4, 0.5) is 4.39 Å². The predicted molar refractivity (Wildman–Crippen MR) is 63.7 cm³/mol. The molecule has 0 fully saturated rings. The second-order valence-electron chi connectivity index (χ2n) is 3.90. The van der Waals surface area contributed by atoms with E-state index in [0.717, 1.165) is 0 Å². The smallest absolute Gasteiger partial charge is 0.264 e. The Balaban J connectivity index is 2.30. The maximum Gasteiger partial charge on any atom is 0.264 e. The SMILES string of the molecule is CNCC1=NC(=O)C(c2cccc(F)c2)C(=O)N1. The number of hydrogen-bond acceptors (Lipinski definition) is 3. The number of rotatable bonds is 3. The zero-order valence-electron chi connectivity index (χ0n) is 9.74. The first-order valence-corrected chi connectivity index (χ1v) is 5.44. The first-order chi connectivity index (χ1) is 8.61. The molecule has 2 N–H and O–H groups in total. The summed E-state index contributed by atoms with van der Waals surface area (Å²) in [5.74, 6) is -2.33. The third-order valence-electron chi connectivity index (χ3n) is 2.55. The summed E-state index contributed by atoms with van der Waals surface area (Å²) in [6.45, 7) is 0.299. The van der Waals surface area contributed by atoms with Crippen molar-refractivity contribution in [3.63, 3.8) is 0 Å². The molecule has 1 aromatic rings. The summed E-state index contributed by atoms with van der Waals surface area (Å²) in [6.07, 6.45) is 0. The third kappa shape index (κ3) is 2.43. The van der Waals surface area contributed by atoms with Gasteiger partial charge in [0.2, 0.25) is 5.91 Å². The van der Waals surface area contributed by atoms with Gasteiger partial charge in [0.15, 0.2) is 0 Å². The third-order valence-corrected chi connectivity index (χ3v) is 2.55. The number of halogens is 1. The highest BCUT2D eigenvalue weighted by molar-refractivity contribution is 6.19. The van der Waals surface area contributed by atoms with Gasteiger partial charge in [-0.15, -0.1) is 0 Å². The number of aliphatic imine (C=N–C) groups is 1. The highest BCUT2D eigenvalue weighted by Crippen LogP contribution is 2.20. The molecule has 5 nitrogen and oxygen atoms in total. The van der Waals surface area contributed by atoms with Crippen LogP contribution in [0, 0.1) is 5.82 Å². The van der Waals surface area contributed by atoms with Gasteiger partial charge < -0.3 is 10.6 Å².